The third-order valence-electron chi connectivity index (χ3n) is 3.69. The van der Waals surface area contributed by atoms with Crippen molar-refractivity contribution in [1.82, 2.24) is 10.6 Å². The zero-order valence-electron chi connectivity index (χ0n) is 14.0. The molecule has 1 aromatic heterocycles. The highest BCUT2D eigenvalue weighted by molar-refractivity contribution is 7.19. The van der Waals surface area contributed by atoms with Gasteiger partial charge in [-0.1, -0.05) is 32.0 Å². The molecule has 0 aliphatic rings. The van der Waals surface area contributed by atoms with Gasteiger partial charge in [-0.25, -0.2) is 0 Å². The molecular formula is C17H24ClN3O2S. The Morgan fingerprint density at radius 1 is 1.21 bits per heavy atom. The molecule has 5 nitrogen and oxygen atoms in total. The molecule has 1 unspecified atom stereocenters. The molecule has 132 valence electrons. The first-order valence-corrected chi connectivity index (χ1v) is 8.51. The fourth-order valence-corrected chi connectivity index (χ4v) is 3.23. The molecule has 2 amide bonds. The second kappa shape index (κ2) is 9.01. The van der Waals surface area contributed by atoms with Crippen molar-refractivity contribution in [3.8, 4) is 0 Å². The van der Waals surface area contributed by atoms with Crippen LogP contribution in [0.5, 0.6) is 0 Å². The van der Waals surface area contributed by atoms with E-state index < -0.39 is 6.04 Å². The summed E-state index contributed by atoms with van der Waals surface area (Å²) in [6.45, 7) is 5.61. The van der Waals surface area contributed by atoms with Gasteiger partial charge in [0.25, 0.3) is 0 Å². The van der Waals surface area contributed by atoms with Gasteiger partial charge in [0.1, 0.15) is 0 Å². The van der Waals surface area contributed by atoms with Crippen LogP contribution in [0.4, 0.5) is 0 Å². The van der Waals surface area contributed by atoms with Gasteiger partial charge in [-0.15, -0.1) is 23.7 Å². The van der Waals surface area contributed by atoms with E-state index in [0.717, 1.165) is 4.88 Å². The van der Waals surface area contributed by atoms with Crippen LogP contribution in [0, 0.1) is 5.92 Å². The van der Waals surface area contributed by atoms with Crippen molar-refractivity contribution >= 4 is 45.6 Å². The largest absolute Gasteiger partial charge is 0.347 e. The maximum atomic E-state index is 12.0. The maximum absolute atomic E-state index is 12.0. The highest BCUT2D eigenvalue weighted by atomic mass is 35.5. The van der Waals surface area contributed by atoms with E-state index in [2.05, 4.69) is 28.8 Å². The van der Waals surface area contributed by atoms with Crippen LogP contribution in [0.3, 0.4) is 0 Å². The Morgan fingerprint density at radius 2 is 1.88 bits per heavy atom. The Bertz CT molecular complexity index is 669. The van der Waals surface area contributed by atoms with Crippen LogP contribution in [-0.2, 0) is 9.59 Å². The van der Waals surface area contributed by atoms with Crippen LogP contribution in [0.2, 0.25) is 0 Å². The number of halogens is 1. The first-order valence-electron chi connectivity index (χ1n) is 7.69. The lowest BCUT2D eigenvalue weighted by atomic mass is 10.1. The summed E-state index contributed by atoms with van der Waals surface area (Å²) < 4.78 is 1.19. The predicted octanol–water partition coefficient (Wildman–Crippen LogP) is 2.60. The second-order valence-corrected chi connectivity index (χ2v) is 7.08. The van der Waals surface area contributed by atoms with Gasteiger partial charge in [0.05, 0.1) is 18.6 Å². The number of nitrogens with two attached hydrogens (primary N) is 1. The molecule has 24 heavy (non-hydrogen) atoms. The molecule has 1 aromatic carbocycles. The third-order valence-corrected chi connectivity index (χ3v) is 4.99. The molecule has 0 radical (unpaired) electrons. The zero-order chi connectivity index (χ0) is 17.0. The average Bonchev–Trinajstić information content (AvgIpc) is 2.95. The molecule has 0 aliphatic heterocycles. The van der Waals surface area contributed by atoms with Gasteiger partial charge in [0, 0.05) is 9.58 Å². The number of benzene rings is 1. The van der Waals surface area contributed by atoms with E-state index in [1.54, 1.807) is 11.3 Å². The van der Waals surface area contributed by atoms with Gasteiger partial charge >= 0.3 is 0 Å². The zero-order valence-corrected chi connectivity index (χ0v) is 15.7. The molecule has 2 aromatic rings. The number of fused-ring (bicyclic) bond motifs is 1. The topological polar surface area (TPSA) is 84.2 Å². The van der Waals surface area contributed by atoms with Crippen LogP contribution < -0.4 is 16.4 Å². The van der Waals surface area contributed by atoms with Gasteiger partial charge in [-0.3, -0.25) is 9.59 Å². The number of hydrogen-bond donors (Lipinski definition) is 3. The molecule has 0 fully saturated rings. The average molecular weight is 370 g/mol. The van der Waals surface area contributed by atoms with Crippen molar-refractivity contribution in [3.05, 3.63) is 35.2 Å². The summed E-state index contributed by atoms with van der Waals surface area (Å²) in [5, 5.41) is 6.64. The number of thiophene rings is 1. The highest BCUT2D eigenvalue weighted by Gasteiger charge is 2.18. The monoisotopic (exact) mass is 369 g/mol. The van der Waals surface area contributed by atoms with E-state index in [9.17, 15) is 9.59 Å². The summed E-state index contributed by atoms with van der Waals surface area (Å²) in [7, 11) is 0. The molecule has 0 saturated heterocycles. The summed E-state index contributed by atoms with van der Waals surface area (Å²) in [5.74, 6) is -0.487. The van der Waals surface area contributed by atoms with Crippen molar-refractivity contribution in [1.29, 1.82) is 0 Å². The van der Waals surface area contributed by atoms with E-state index in [-0.39, 0.29) is 42.7 Å². The van der Waals surface area contributed by atoms with Crippen LogP contribution >= 0.6 is 23.7 Å². The molecule has 2 rings (SSSR count). The molecule has 4 N–H and O–H groups in total. The van der Waals surface area contributed by atoms with Crippen LogP contribution in [0.25, 0.3) is 10.1 Å². The minimum absolute atomic E-state index is 0. The summed E-state index contributed by atoms with van der Waals surface area (Å²) >= 11 is 1.66. The SMILES string of the molecule is CC(NC(=O)CNC(=O)[C@@H](N)C(C)C)c1cc2ccccc2s1.Cl. The molecule has 0 aliphatic carbocycles. The first kappa shape index (κ1) is 20.4. The molecule has 1 heterocycles. The van der Waals surface area contributed by atoms with E-state index in [4.69, 9.17) is 5.73 Å². The number of carbonyl (C=O) groups is 2. The van der Waals surface area contributed by atoms with Gasteiger partial charge in [-0.2, -0.15) is 0 Å². The van der Waals surface area contributed by atoms with Crippen LogP contribution in [0.1, 0.15) is 31.7 Å². The Hall–Kier alpha value is -1.63. The van der Waals surface area contributed by atoms with Crippen LogP contribution in [-0.4, -0.2) is 24.4 Å². The number of rotatable bonds is 6. The van der Waals surface area contributed by atoms with E-state index in [1.165, 1.54) is 10.1 Å². The lowest BCUT2D eigenvalue weighted by molar-refractivity contribution is -0.127. The summed E-state index contributed by atoms with van der Waals surface area (Å²) in [4.78, 5) is 24.8. The predicted molar refractivity (Wildman–Crippen MR) is 101 cm³/mol. The minimum Gasteiger partial charge on any atom is -0.347 e. The lowest BCUT2D eigenvalue weighted by Gasteiger charge is -2.16. The number of amides is 2. The Balaban J connectivity index is 0.00000288. The standard InChI is InChI=1S/C17H23N3O2S.ClH/c1-10(2)16(18)17(22)19-9-15(21)20-11(3)14-8-12-6-4-5-7-13(12)23-14;/h4-8,10-11,16H,9,18H2,1-3H3,(H,19,22)(H,20,21);1H/t11?,16-;/m0./s1. The second-order valence-electron chi connectivity index (χ2n) is 5.96. The Morgan fingerprint density at radius 3 is 2.50 bits per heavy atom. The van der Waals surface area contributed by atoms with Gasteiger partial charge in [0.15, 0.2) is 0 Å². The lowest BCUT2D eigenvalue weighted by Crippen LogP contribution is -2.47. The summed E-state index contributed by atoms with van der Waals surface area (Å²) in [6, 6.07) is 9.49. The van der Waals surface area contributed by atoms with Crippen molar-refractivity contribution in [2.24, 2.45) is 11.7 Å². The van der Waals surface area contributed by atoms with Crippen molar-refractivity contribution in [2.45, 2.75) is 32.9 Å². The van der Waals surface area contributed by atoms with Gasteiger partial charge in [-0.05, 0) is 30.4 Å². The normalized spacial score (nSPS) is 13.2. The fourth-order valence-electron chi connectivity index (χ4n) is 2.17. The highest BCUT2D eigenvalue weighted by Crippen LogP contribution is 2.29. The smallest absolute Gasteiger partial charge is 0.239 e. The number of carbonyl (C=O) groups excluding carboxylic acids is 2. The number of nitrogens with one attached hydrogen (secondary N) is 2. The third kappa shape index (κ3) is 5.19. The Kier molecular flexibility index (Phi) is 7.66. The van der Waals surface area contributed by atoms with Crippen LogP contribution in [0.15, 0.2) is 30.3 Å². The molecule has 0 saturated carbocycles. The Labute approximate surface area is 152 Å². The molecule has 7 heteroatoms. The molecule has 0 bridgehead atoms. The van der Waals surface area contributed by atoms with Crippen molar-refractivity contribution in [3.63, 3.8) is 0 Å². The van der Waals surface area contributed by atoms with E-state index in [1.807, 2.05) is 32.9 Å². The van der Waals surface area contributed by atoms with E-state index in [0.29, 0.717) is 0 Å². The quantitative estimate of drug-likeness (QED) is 0.731. The molecular weight excluding hydrogens is 346 g/mol. The van der Waals surface area contributed by atoms with Crippen molar-refractivity contribution < 1.29 is 9.59 Å². The molecule has 0 spiro atoms. The van der Waals surface area contributed by atoms with Gasteiger partial charge in [0.2, 0.25) is 11.8 Å². The molecule has 2 atom stereocenters. The van der Waals surface area contributed by atoms with Gasteiger partial charge < -0.3 is 16.4 Å². The first-order chi connectivity index (χ1) is 10.9. The minimum atomic E-state index is -0.595. The number of hydrogen-bond acceptors (Lipinski definition) is 4. The summed E-state index contributed by atoms with van der Waals surface area (Å²) in [6.07, 6.45) is 0. The van der Waals surface area contributed by atoms with Crippen molar-refractivity contribution in [2.75, 3.05) is 6.54 Å². The summed E-state index contributed by atoms with van der Waals surface area (Å²) in [5.41, 5.74) is 5.74. The fraction of sp³-hybridized carbons (Fsp3) is 0.412. The van der Waals surface area contributed by atoms with E-state index >= 15 is 0 Å². The maximum Gasteiger partial charge on any atom is 0.239 e.